The Kier molecular flexibility index (Phi) is 4.17. The summed E-state index contributed by atoms with van der Waals surface area (Å²) in [5.74, 6) is 0. The van der Waals surface area contributed by atoms with Crippen LogP contribution in [0.25, 0.3) is 0 Å². The monoisotopic (exact) mass is 214 g/mol. The second-order valence-electron chi connectivity index (χ2n) is 3.88. The third-order valence-corrected chi connectivity index (χ3v) is 3.23. The molecule has 1 rings (SSSR count). The van der Waals surface area contributed by atoms with Crippen molar-refractivity contribution in [2.45, 2.75) is 17.5 Å². The van der Waals surface area contributed by atoms with E-state index in [-0.39, 0.29) is 5.38 Å². The highest BCUT2D eigenvalue weighted by atomic mass is 35.5. The minimum absolute atomic E-state index is 0.241. The largest absolute Gasteiger partial charge is 0.297 e. The lowest BCUT2D eigenvalue weighted by Crippen LogP contribution is -2.30. The molecule has 80 valence electrons. The molecule has 0 spiro atoms. The zero-order valence-electron chi connectivity index (χ0n) is 8.99. The van der Waals surface area contributed by atoms with Gasteiger partial charge in [-0.05, 0) is 14.1 Å². The van der Waals surface area contributed by atoms with E-state index in [1.807, 2.05) is 12.2 Å². The predicted molar refractivity (Wildman–Crippen MR) is 62.9 cm³/mol. The van der Waals surface area contributed by atoms with Crippen molar-refractivity contribution in [3.05, 3.63) is 25.3 Å². The van der Waals surface area contributed by atoms with Gasteiger partial charge < -0.3 is 0 Å². The molecular formula is C11H19ClN2. The van der Waals surface area contributed by atoms with Crippen LogP contribution in [0.5, 0.6) is 0 Å². The maximum absolute atomic E-state index is 6.23. The molecule has 0 radical (unpaired) electrons. The van der Waals surface area contributed by atoms with Crippen molar-refractivity contribution in [1.29, 1.82) is 0 Å². The second-order valence-corrected chi connectivity index (χ2v) is 4.39. The highest BCUT2D eigenvalue weighted by Crippen LogP contribution is 2.37. The topological polar surface area (TPSA) is 6.48 Å². The normalized spacial score (nSPS) is 30.8. The Hall–Kier alpha value is -0.310. The van der Waals surface area contributed by atoms with Crippen LogP contribution in [0.2, 0.25) is 0 Å². The first-order valence-electron chi connectivity index (χ1n) is 4.89. The lowest BCUT2D eigenvalue weighted by molar-refractivity contribution is 0.281. The van der Waals surface area contributed by atoms with Crippen LogP contribution >= 0.6 is 11.6 Å². The zero-order chi connectivity index (χ0) is 10.7. The highest BCUT2D eigenvalue weighted by Gasteiger charge is 2.53. The number of halogens is 1. The smallest absolute Gasteiger partial charge is 0.0678 e. The highest BCUT2D eigenvalue weighted by molar-refractivity contribution is 6.24. The molecule has 2 unspecified atom stereocenters. The fourth-order valence-corrected chi connectivity index (χ4v) is 2.50. The summed E-state index contributed by atoms with van der Waals surface area (Å²) in [6, 6.07) is 0.916. The van der Waals surface area contributed by atoms with Crippen molar-refractivity contribution in [2.75, 3.05) is 27.2 Å². The van der Waals surface area contributed by atoms with Crippen LogP contribution in [-0.4, -0.2) is 54.4 Å². The summed E-state index contributed by atoms with van der Waals surface area (Å²) in [6.07, 6.45) is 3.82. The molecule has 0 bridgehead atoms. The number of alkyl halides is 1. The summed E-state index contributed by atoms with van der Waals surface area (Å²) in [7, 11) is 4.17. The standard InChI is InChI=1S/C11H19ClN2/c1-5-7-13(3)10-9(12)11(10)14(4)8-6-2/h5-6,9-11H,1-2,7-8H2,3-4H3. The third kappa shape index (κ3) is 2.38. The summed E-state index contributed by atoms with van der Waals surface area (Å²) in [5, 5.41) is 0.241. The molecule has 0 aromatic heterocycles. The Morgan fingerprint density at radius 2 is 1.43 bits per heavy atom. The Morgan fingerprint density at radius 1 is 1.07 bits per heavy atom. The van der Waals surface area contributed by atoms with Crippen LogP contribution in [0.15, 0.2) is 25.3 Å². The quantitative estimate of drug-likeness (QED) is 0.490. The summed E-state index contributed by atoms with van der Waals surface area (Å²) in [5.41, 5.74) is 0. The molecule has 0 aliphatic heterocycles. The van der Waals surface area contributed by atoms with Gasteiger partial charge in [-0.1, -0.05) is 12.2 Å². The van der Waals surface area contributed by atoms with Crippen molar-refractivity contribution in [3.8, 4) is 0 Å². The van der Waals surface area contributed by atoms with Crippen LogP contribution < -0.4 is 0 Å². The molecule has 0 N–H and O–H groups in total. The number of likely N-dealkylation sites (N-methyl/N-ethyl adjacent to an activating group) is 2. The third-order valence-electron chi connectivity index (χ3n) is 2.71. The molecule has 2 nitrogen and oxygen atoms in total. The van der Waals surface area contributed by atoms with Gasteiger partial charge in [0.2, 0.25) is 0 Å². The lowest BCUT2D eigenvalue weighted by atomic mass is 10.4. The van der Waals surface area contributed by atoms with Crippen LogP contribution in [0.1, 0.15) is 0 Å². The molecule has 1 aliphatic carbocycles. The fraction of sp³-hybridized carbons (Fsp3) is 0.636. The predicted octanol–water partition coefficient (Wildman–Crippen LogP) is 1.58. The van der Waals surface area contributed by atoms with Gasteiger partial charge >= 0.3 is 0 Å². The van der Waals surface area contributed by atoms with Crippen LogP contribution in [0, 0.1) is 0 Å². The molecule has 0 heterocycles. The first-order valence-corrected chi connectivity index (χ1v) is 5.33. The van der Waals surface area contributed by atoms with Crippen LogP contribution in [-0.2, 0) is 0 Å². The van der Waals surface area contributed by atoms with Crippen molar-refractivity contribution < 1.29 is 0 Å². The van der Waals surface area contributed by atoms with Gasteiger partial charge in [-0.25, -0.2) is 0 Å². The average Bonchev–Trinajstić information content (AvgIpc) is 2.78. The first kappa shape index (κ1) is 11.8. The molecule has 0 aromatic carbocycles. The molecular weight excluding hydrogens is 196 g/mol. The summed E-state index contributed by atoms with van der Waals surface area (Å²) >= 11 is 6.23. The average molecular weight is 215 g/mol. The van der Waals surface area contributed by atoms with Crippen LogP contribution in [0.3, 0.4) is 0 Å². The Labute approximate surface area is 91.8 Å². The van der Waals surface area contributed by atoms with E-state index in [2.05, 4.69) is 37.1 Å². The fourth-order valence-electron chi connectivity index (χ4n) is 1.90. The van der Waals surface area contributed by atoms with Gasteiger partial charge in [-0.15, -0.1) is 24.8 Å². The molecule has 1 aliphatic rings. The van der Waals surface area contributed by atoms with E-state index in [9.17, 15) is 0 Å². The molecule has 0 amide bonds. The molecule has 0 aromatic rings. The second kappa shape index (κ2) is 4.96. The number of hydrogen-bond donors (Lipinski definition) is 0. The number of hydrogen-bond acceptors (Lipinski definition) is 2. The maximum Gasteiger partial charge on any atom is 0.0678 e. The van der Waals surface area contributed by atoms with E-state index in [4.69, 9.17) is 11.6 Å². The zero-order valence-corrected chi connectivity index (χ0v) is 9.74. The van der Waals surface area contributed by atoms with E-state index in [1.165, 1.54) is 0 Å². The SMILES string of the molecule is C=CCN(C)C1C(Cl)C1N(C)CC=C. The van der Waals surface area contributed by atoms with Crippen LogP contribution in [0.4, 0.5) is 0 Å². The first-order chi connectivity index (χ1) is 6.63. The van der Waals surface area contributed by atoms with E-state index in [0.717, 1.165) is 13.1 Å². The van der Waals surface area contributed by atoms with Gasteiger partial charge in [0.15, 0.2) is 0 Å². The van der Waals surface area contributed by atoms with E-state index in [0.29, 0.717) is 12.1 Å². The summed E-state index contributed by atoms with van der Waals surface area (Å²) < 4.78 is 0. The van der Waals surface area contributed by atoms with E-state index >= 15 is 0 Å². The minimum atomic E-state index is 0.241. The van der Waals surface area contributed by atoms with Gasteiger partial charge in [0.05, 0.1) is 5.38 Å². The Morgan fingerprint density at radius 3 is 1.71 bits per heavy atom. The summed E-state index contributed by atoms with van der Waals surface area (Å²) in [4.78, 5) is 4.49. The van der Waals surface area contributed by atoms with Crippen molar-refractivity contribution in [3.63, 3.8) is 0 Å². The minimum Gasteiger partial charge on any atom is -0.297 e. The van der Waals surface area contributed by atoms with Gasteiger partial charge in [-0.2, -0.15) is 0 Å². The van der Waals surface area contributed by atoms with Crippen molar-refractivity contribution in [2.24, 2.45) is 0 Å². The Bertz CT molecular complexity index is 195. The lowest BCUT2D eigenvalue weighted by Gasteiger charge is -2.18. The van der Waals surface area contributed by atoms with E-state index < -0.39 is 0 Å². The molecule has 0 saturated heterocycles. The van der Waals surface area contributed by atoms with Gasteiger partial charge in [-0.3, -0.25) is 9.80 Å². The molecule has 1 saturated carbocycles. The number of nitrogens with zero attached hydrogens (tertiary/aromatic N) is 2. The van der Waals surface area contributed by atoms with E-state index in [1.54, 1.807) is 0 Å². The van der Waals surface area contributed by atoms with Gasteiger partial charge in [0.25, 0.3) is 0 Å². The van der Waals surface area contributed by atoms with Crippen molar-refractivity contribution in [1.82, 2.24) is 9.80 Å². The van der Waals surface area contributed by atoms with Crippen molar-refractivity contribution >= 4 is 11.6 Å². The van der Waals surface area contributed by atoms with Gasteiger partial charge in [0, 0.05) is 25.2 Å². The Balaban J connectivity index is 2.43. The van der Waals surface area contributed by atoms with Gasteiger partial charge in [0.1, 0.15) is 0 Å². The molecule has 3 heteroatoms. The molecule has 14 heavy (non-hydrogen) atoms. The molecule has 1 fully saturated rings. The molecule has 2 atom stereocenters. The summed E-state index contributed by atoms with van der Waals surface area (Å²) in [6.45, 7) is 9.25. The maximum atomic E-state index is 6.23. The number of rotatable bonds is 6.